The lowest BCUT2D eigenvalue weighted by atomic mass is 9.88. The molecule has 4 heteroatoms. The Morgan fingerprint density at radius 3 is 2.43 bits per heavy atom. The Bertz CT molecular complexity index is 598. The molecule has 0 aliphatic carbocycles. The zero-order chi connectivity index (χ0) is 15.4. The highest BCUT2D eigenvalue weighted by atomic mass is 19.1. The van der Waals surface area contributed by atoms with Gasteiger partial charge in [0.25, 0.3) is 0 Å². The topological polar surface area (TPSA) is 55.5 Å². The molecule has 0 aliphatic rings. The Morgan fingerprint density at radius 2 is 1.86 bits per heavy atom. The van der Waals surface area contributed by atoms with Crippen LogP contribution >= 0.6 is 0 Å². The largest absolute Gasteiger partial charge is 0.497 e. The Morgan fingerprint density at radius 1 is 1.19 bits per heavy atom. The Hall–Kier alpha value is -1.91. The summed E-state index contributed by atoms with van der Waals surface area (Å²) in [5.41, 5.74) is 7.82. The summed E-state index contributed by atoms with van der Waals surface area (Å²) in [7, 11) is 1.59. The third-order valence-corrected chi connectivity index (χ3v) is 3.65. The van der Waals surface area contributed by atoms with Crippen LogP contribution in [0.1, 0.15) is 28.7 Å². The third-order valence-electron chi connectivity index (χ3n) is 3.65. The lowest BCUT2D eigenvalue weighted by Gasteiger charge is -2.23. The van der Waals surface area contributed by atoms with E-state index in [4.69, 9.17) is 10.5 Å². The minimum atomic E-state index is -0.983. The highest BCUT2D eigenvalue weighted by Gasteiger charge is 2.24. The van der Waals surface area contributed by atoms with E-state index in [1.54, 1.807) is 31.4 Å². The molecule has 0 aromatic heterocycles. The summed E-state index contributed by atoms with van der Waals surface area (Å²) in [5.74, 6) is -0.0574. The van der Waals surface area contributed by atoms with Crippen LogP contribution < -0.4 is 10.5 Å². The van der Waals surface area contributed by atoms with Gasteiger partial charge in [-0.3, -0.25) is 0 Å². The number of ether oxygens (including phenoxy) is 1. The lowest BCUT2D eigenvalue weighted by Crippen LogP contribution is -2.21. The summed E-state index contributed by atoms with van der Waals surface area (Å²) in [5, 5.41) is 10.5. The quantitative estimate of drug-likeness (QED) is 0.890. The Balaban J connectivity index is 2.33. The number of aryl methyl sites for hydroxylation is 1. The molecule has 2 aromatic rings. The van der Waals surface area contributed by atoms with Crippen molar-refractivity contribution in [3.05, 3.63) is 65.0 Å². The molecule has 112 valence electrons. The van der Waals surface area contributed by atoms with E-state index in [1.165, 1.54) is 6.07 Å². The minimum Gasteiger partial charge on any atom is -0.497 e. The van der Waals surface area contributed by atoms with Gasteiger partial charge in [0.2, 0.25) is 0 Å². The molecule has 2 rings (SSSR count). The second-order valence-corrected chi connectivity index (χ2v) is 5.09. The van der Waals surface area contributed by atoms with Gasteiger partial charge in [0, 0.05) is 18.0 Å². The van der Waals surface area contributed by atoms with Gasteiger partial charge in [-0.15, -0.1) is 0 Å². The first-order valence-corrected chi connectivity index (χ1v) is 6.85. The normalized spacial score (nSPS) is 13.8. The molecular weight excluding hydrogens is 269 g/mol. The van der Waals surface area contributed by atoms with Gasteiger partial charge < -0.3 is 15.6 Å². The number of nitrogens with two attached hydrogens (primary N) is 1. The van der Waals surface area contributed by atoms with Crippen molar-refractivity contribution in [3.63, 3.8) is 0 Å². The zero-order valence-corrected chi connectivity index (χ0v) is 12.2. The number of hydrogen-bond donors (Lipinski definition) is 2. The van der Waals surface area contributed by atoms with Crippen LogP contribution in [0.5, 0.6) is 5.75 Å². The SMILES string of the molecule is COc1ccc(C(CN)C(O)c2cc(C)ccc2F)cc1. The summed E-state index contributed by atoms with van der Waals surface area (Å²) < 4.78 is 19.0. The van der Waals surface area contributed by atoms with Crippen LogP contribution in [0.15, 0.2) is 42.5 Å². The number of halogens is 1. The molecule has 0 aliphatic heterocycles. The first-order chi connectivity index (χ1) is 10.1. The zero-order valence-electron chi connectivity index (χ0n) is 12.2. The summed E-state index contributed by atoms with van der Waals surface area (Å²) in [4.78, 5) is 0. The van der Waals surface area contributed by atoms with Crippen molar-refractivity contribution in [2.24, 2.45) is 5.73 Å². The monoisotopic (exact) mass is 289 g/mol. The molecule has 3 N–H and O–H groups in total. The molecule has 0 bridgehead atoms. The van der Waals surface area contributed by atoms with Gasteiger partial charge in [0.05, 0.1) is 13.2 Å². The maximum Gasteiger partial charge on any atom is 0.129 e. The van der Waals surface area contributed by atoms with E-state index >= 15 is 0 Å². The molecular formula is C17H20FNO2. The van der Waals surface area contributed by atoms with Gasteiger partial charge >= 0.3 is 0 Å². The van der Waals surface area contributed by atoms with E-state index in [9.17, 15) is 9.50 Å². The first-order valence-electron chi connectivity index (χ1n) is 6.85. The van der Waals surface area contributed by atoms with Crippen molar-refractivity contribution >= 4 is 0 Å². The number of benzene rings is 2. The van der Waals surface area contributed by atoms with Crippen LogP contribution in [0.25, 0.3) is 0 Å². The van der Waals surface area contributed by atoms with E-state index in [2.05, 4.69) is 0 Å². The molecule has 2 unspecified atom stereocenters. The lowest BCUT2D eigenvalue weighted by molar-refractivity contribution is 0.143. The third kappa shape index (κ3) is 3.40. The van der Waals surface area contributed by atoms with E-state index in [1.807, 2.05) is 19.1 Å². The molecule has 2 atom stereocenters. The molecule has 2 aromatic carbocycles. The van der Waals surface area contributed by atoms with Crippen LogP contribution in [-0.2, 0) is 0 Å². The summed E-state index contributed by atoms with van der Waals surface area (Å²) >= 11 is 0. The van der Waals surface area contributed by atoms with E-state index in [0.717, 1.165) is 16.9 Å². The van der Waals surface area contributed by atoms with Crippen LogP contribution in [0.3, 0.4) is 0 Å². The maximum absolute atomic E-state index is 13.9. The number of aliphatic hydroxyl groups excluding tert-OH is 1. The van der Waals surface area contributed by atoms with Gasteiger partial charge in [-0.25, -0.2) is 4.39 Å². The van der Waals surface area contributed by atoms with Gasteiger partial charge in [-0.05, 0) is 30.7 Å². The Kier molecular flexibility index (Phi) is 4.94. The fraction of sp³-hybridized carbons (Fsp3) is 0.294. The number of hydrogen-bond acceptors (Lipinski definition) is 3. The average molecular weight is 289 g/mol. The minimum absolute atomic E-state index is 0.223. The smallest absolute Gasteiger partial charge is 0.129 e. The van der Waals surface area contributed by atoms with Crippen molar-refractivity contribution in [3.8, 4) is 5.75 Å². The number of methoxy groups -OCH3 is 1. The highest BCUT2D eigenvalue weighted by molar-refractivity contribution is 5.33. The van der Waals surface area contributed by atoms with Crippen LogP contribution in [-0.4, -0.2) is 18.8 Å². The second-order valence-electron chi connectivity index (χ2n) is 5.09. The van der Waals surface area contributed by atoms with Gasteiger partial charge in [-0.1, -0.05) is 29.8 Å². The average Bonchev–Trinajstić information content (AvgIpc) is 2.51. The van der Waals surface area contributed by atoms with Crippen LogP contribution in [0.4, 0.5) is 4.39 Å². The molecule has 3 nitrogen and oxygen atoms in total. The molecule has 0 amide bonds. The predicted molar refractivity (Wildman–Crippen MR) is 80.9 cm³/mol. The summed E-state index contributed by atoms with van der Waals surface area (Å²) in [6, 6.07) is 12.0. The van der Waals surface area contributed by atoms with Crippen molar-refractivity contribution < 1.29 is 14.2 Å². The summed E-state index contributed by atoms with van der Waals surface area (Å²) in [6.07, 6.45) is -0.983. The number of aliphatic hydroxyl groups is 1. The van der Waals surface area contributed by atoms with Crippen LogP contribution in [0, 0.1) is 12.7 Å². The van der Waals surface area contributed by atoms with Gasteiger partial charge in [0.1, 0.15) is 11.6 Å². The van der Waals surface area contributed by atoms with Gasteiger partial charge in [-0.2, -0.15) is 0 Å². The molecule has 0 saturated carbocycles. The molecule has 0 heterocycles. The van der Waals surface area contributed by atoms with Crippen molar-refractivity contribution in [1.29, 1.82) is 0 Å². The second kappa shape index (κ2) is 6.70. The van der Waals surface area contributed by atoms with Crippen molar-refractivity contribution in [2.75, 3.05) is 13.7 Å². The molecule has 0 saturated heterocycles. The van der Waals surface area contributed by atoms with Gasteiger partial charge in [0.15, 0.2) is 0 Å². The summed E-state index contributed by atoms with van der Waals surface area (Å²) in [6.45, 7) is 2.08. The fourth-order valence-electron chi connectivity index (χ4n) is 2.40. The fourth-order valence-corrected chi connectivity index (χ4v) is 2.40. The van der Waals surface area contributed by atoms with E-state index < -0.39 is 11.9 Å². The first kappa shape index (κ1) is 15.5. The molecule has 21 heavy (non-hydrogen) atoms. The molecule has 0 spiro atoms. The van der Waals surface area contributed by atoms with Crippen molar-refractivity contribution in [2.45, 2.75) is 18.9 Å². The molecule has 0 radical (unpaired) electrons. The van der Waals surface area contributed by atoms with E-state index in [-0.39, 0.29) is 18.0 Å². The number of rotatable bonds is 5. The van der Waals surface area contributed by atoms with E-state index in [0.29, 0.717) is 0 Å². The standard InChI is InChI=1S/C17H20FNO2/c1-11-3-8-16(18)14(9-11)17(20)15(10-19)12-4-6-13(21-2)7-5-12/h3-9,15,17,20H,10,19H2,1-2H3. The Labute approximate surface area is 124 Å². The van der Waals surface area contributed by atoms with Crippen LogP contribution in [0.2, 0.25) is 0 Å². The highest BCUT2D eigenvalue weighted by Crippen LogP contribution is 2.32. The van der Waals surface area contributed by atoms with Crippen molar-refractivity contribution in [1.82, 2.24) is 0 Å². The molecule has 0 fully saturated rings. The maximum atomic E-state index is 13.9. The predicted octanol–water partition coefficient (Wildman–Crippen LogP) is 2.92.